The molecule has 2 aromatic rings. The second-order valence-electron chi connectivity index (χ2n) is 6.24. The first kappa shape index (κ1) is 14.3. The van der Waals surface area contributed by atoms with Crippen molar-refractivity contribution in [1.82, 2.24) is 0 Å². The van der Waals surface area contributed by atoms with Gasteiger partial charge in [-0.3, -0.25) is 0 Å². The monoisotopic (exact) mass is 280 g/mol. The number of aliphatic hydroxyl groups excluding tert-OH is 1. The molecule has 21 heavy (non-hydrogen) atoms. The SMILES string of the molecule is OC(CC1CCCCC1)c1ccc(-c2ccccc2)cc1. The van der Waals surface area contributed by atoms with Gasteiger partial charge in [0, 0.05) is 0 Å². The summed E-state index contributed by atoms with van der Waals surface area (Å²) in [5, 5.41) is 10.4. The van der Waals surface area contributed by atoms with Crippen molar-refractivity contribution in [1.29, 1.82) is 0 Å². The molecule has 2 aromatic carbocycles. The van der Waals surface area contributed by atoms with Gasteiger partial charge in [-0.2, -0.15) is 0 Å². The van der Waals surface area contributed by atoms with Crippen LogP contribution in [0.3, 0.4) is 0 Å². The van der Waals surface area contributed by atoms with Crippen molar-refractivity contribution in [2.45, 2.75) is 44.6 Å². The predicted octanol–water partition coefficient (Wildman–Crippen LogP) is 5.36. The zero-order valence-electron chi connectivity index (χ0n) is 12.5. The van der Waals surface area contributed by atoms with Crippen LogP contribution in [0.15, 0.2) is 54.6 Å². The Hall–Kier alpha value is -1.60. The molecule has 1 unspecified atom stereocenters. The second kappa shape index (κ2) is 6.91. The van der Waals surface area contributed by atoms with Crippen molar-refractivity contribution in [3.05, 3.63) is 60.2 Å². The summed E-state index contributed by atoms with van der Waals surface area (Å²) < 4.78 is 0. The maximum Gasteiger partial charge on any atom is 0.0792 e. The molecule has 1 nitrogen and oxygen atoms in total. The molecule has 1 fully saturated rings. The van der Waals surface area contributed by atoms with Crippen LogP contribution >= 0.6 is 0 Å². The molecule has 1 aliphatic rings. The average molecular weight is 280 g/mol. The molecule has 1 atom stereocenters. The average Bonchev–Trinajstić information content (AvgIpc) is 2.57. The van der Waals surface area contributed by atoms with E-state index in [-0.39, 0.29) is 6.10 Å². The Morgan fingerprint density at radius 3 is 2.10 bits per heavy atom. The molecule has 3 rings (SSSR count). The van der Waals surface area contributed by atoms with Gasteiger partial charge in [0.15, 0.2) is 0 Å². The van der Waals surface area contributed by atoms with Crippen LogP contribution < -0.4 is 0 Å². The van der Waals surface area contributed by atoms with Gasteiger partial charge >= 0.3 is 0 Å². The van der Waals surface area contributed by atoms with E-state index in [1.165, 1.54) is 43.2 Å². The Bertz CT molecular complexity index is 538. The lowest BCUT2D eigenvalue weighted by atomic mass is 9.84. The molecule has 1 heteroatoms. The van der Waals surface area contributed by atoms with Gasteiger partial charge in [0.2, 0.25) is 0 Å². The number of aliphatic hydroxyl groups is 1. The van der Waals surface area contributed by atoms with Gasteiger partial charge in [0.25, 0.3) is 0 Å². The molecule has 1 saturated carbocycles. The molecule has 0 heterocycles. The molecular weight excluding hydrogens is 256 g/mol. The predicted molar refractivity (Wildman–Crippen MR) is 88.0 cm³/mol. The Morgan fingerprint density at radius 1 is 0.810 bits per heavy atom. The molecule has 0 radical (unpaired) electrons. The van der Waals surface area contributed by atoms with Crippen LogP contribution in [-0.2, 0) is 0 Å². The Kier molecular flexibility index (Phi) is 4.72. The molecule has 1 N–H and O–H groups in total. The fourth-order valence-electron chi connectivity index (χ4n) is 3.40. The van der Waals surface area contributed by atoms with Crippen molar-refractivity contribution < 1.29 is 5.11 Å². The Morgan fingerprint density at radius 2 is 1.43 bits per heavy atom. The summed E-state index contributed by atoms with van der Waals surface area (Å²) in [5.41, 5.74) is 3.50. The van der Waals surface area contributed by atoms with Crippen LogP contribution in [0.25, 0.3) is 11.1 Å². The Balaban J connectivity index is 1.66. The summed E-state index contributed by atoms with van der Waals surface area (Å²) in [5.74, 6) is 0.711. The highest BCUT2D eigenvalue weighted by atomic mass is 16.3. The van der Waals surface area contributed by atoms with Crippen LogP contribution in [0.1, 0.15) is 50.2 Å². The molecule has 0 aliphatic heterocycles. The molecule has 0 bridgehead atoms. The van der Waals surface area contributed by atoms with Crippen LogP contribution in [-0.4, -0.2) is 5.11 Å². The van der Waals surface area contributed by atoms with Crippen molar-refractivity contribution >= 4 is 0 Å². The lowest BCUT2D eigenvalue weighted by Crippen LogP contribution is -2.11. The summed E-state index contributed by atoms with van der Waals surface area (Å²) >= 11 is 0. The summed E-state index contributed by atoms with van der Waals surface area (Å²) in [6, 6.07) is 18.8. The maximum atomic E-state index is 10.4. The molecule has 1 aliphatic carbocycles. The van der Waals surface area contributed by atoms with Crippen molar-refractivity contribution in [3.63, 3.8) is 0 Å². The van der Waals surface area contributed by atoms with Gasteiger partial charge < -0.3 is 5.11 Å². The highest BCUT2D eigenvalue weighted by molar-refractivity contribution is 5.63. The first-order valence-electron chi connectivity index (χ1n) is 8.16. The van der Waals surface area contributed by atoms with Gasteiger partial charge in [0.05, 0.1) is 6.10 Å². The summed E-state index contributed by atoms with van der Waals surface area (Å²) in [4.78, 5) is 0. The van der Waals surface area contributed by atoms with Gasteiger partial charge in [-0.25, -0.2) is 0 Å². The van der Waals surface area contributed by atoms with E-state index in [1.54, 1.807) is 0 Å². The number of hydrogen-bond acceptors (Lipinski definition) is 1. The lowest BCUT2D eigenvalue weighted by Gasteiger charge is -2.24. The minimum Gasteiger partial charge on any atom is -0.388 e. The van der Waals surface area contributed by atoms with E-state index in [0.29, 0.717) is 5.92 Å². The summed E-state index contributed by atoms with van der Waals surface area (Å²) in [6.07, 6.45) is 7.24. The van der Waals surface area contributed by atoms with Gasteiger partial charge in [0.1, 0.15) is 0 Å². The summed E-state index contributed by atoms with van der Waals surface area (Å²) in [6.45, 7) is 0. The smallest absolute Gasteiger partial charge is 0.0792 e. The molecule has 0 spiro atoms. The highest BCUT2D eigenvalue weighted by Gasteiger charge is 2.18. The molecule has 0 aromatic heterocycles. The Labute approximate surface area is 127 Å². The third kappa shape index (κ3) is 3.74. The van der Waals surface area contributed by atoms with Crippen LogP contribution in [0.2, 0.25) is 0 Å². The first-order chi connectivity index (χ1) is 10.3. The van der Waals surface area contributed by atoms with Crippen molar-refractivity contribution in [2.75, 3.05) is 0 Å². The topological polar surface area (TPSA) is 20.2 Å². The normalized spacial score (nSPS) is 17.6. The van der Waals surface area contributed by atoms with Crippen molar-refractivity contribution in [2.24, 2.45) is 5.92 Å². The van der Waals surface area contributed by atoms with E-state index in [2.05, 4.69) is 48.5 Å². The van der Waals surface area contributed by atoms with Gasteiger partial charge in [-0.05, 0) is 29.0 Å². The zero-order chi connectivity index (χ0) is 14.5. The van der Waals surface area contributed by atoms with Crippen LogP contribution in [0, 0.1) is 5.92 Å². The zero-order valence-corrected chi connectivity index (χ0v) is 12.5. The van der Waals surface area contributed by atoms with E-state index in [1.807, 2.05) is 6.07 Å². The van der Waals surface area contributed by atoms with E-state index in [9.17, 15) is 5.11 Å². The fourth-order valence-corrected chi connectivity index (χ4v) is 3.40. The fraction of sp³-hybridized carbons (Fsp3) is 0.400. The highest BCUT2D eigenvalue weighted by Crippen LogP contribution is 2.32. The third-order valence-corrected chi connectivity index (χ3v) is 4.68. The molecule has 0 amide bonds. The molecule has 0 saturated heterocycles. The number of rotatable bonds is 4. The minimum absolute atomic E-state index is 0.307. The van der Waals surface area contributed by atoms with Crippen LogP contribution in [0.5, 0.6) is 0 Å². The lowest BCUT2D eigenvalue weighted by molar-refractivity contribution is 0.131. The second-order valence-corrected chi connectivity index (χ2v) is 6.24. The van der Waals surface area contributed by atoms with Gasteiger partial charge in [-0.15, -0.1) is 0 Å². The first-order valence-corrected chi connectivity index (χ1v) is 8.16. The molecule has 110 valence electrons. The van der Waals surface area contributed by atoms with Crippen molar-refractivity contribution in [3.8, 4) is 11.1 Å². The van der Waals surface area contributed by atoms with E-state index >= 15 is 0 Å². The van der Waals surface area contributed by atoms with Crippen LogP contribution in [0.4, 0.5) is 0 Å². The summed E-state index contributed by atoms with van der Waals surface area (Å²) in [7, 11) is 0. The quantitative estimate of drug-likeness (QED) is 0.799. The largest absolute Gasteiger partial charge is 0.388 e. The van der Waals surface area contributed by atoms with E-state index < -0.39 is 0 Å². The van der Waals surface area contributed by atoms with E-state index in [0.717, 1.165) is 12.0 Å². The van der Waals surface area contributed by atoms with Gasteiger partial charge in [-0.1, -0.05) is 86.7 Å². The number of hydrogen-bond donors (Lipinski definition) is 1. The van der Waals surface area contributed by atoms with E-state index in [4.69, 9.17) is 0 Å². The maximum absolute atomic E-state index is 10.4. The standard InChI is InChI=1S/C20H24O/c21-20(15-16-7-3-1-4-8-16)19-13-11-18(12-14-19)17-9-5-2-6-10-17/h2,5-6,9-14,16,20-21H,1,3-4,7-8,15H2. The molecular formula is C20H24O. The third-order valence-electron chi connectivity index (χ3n) is 4.68. The minimum atomic E-state index is -0.307. The number of benzene rings is 2.